The average molecular weight is 304 g/mol. The predicted molar refractivity (Wildman–Crippen MR) is 80.1 cm³/mol. The molecule has 0 fully saturated rings. The molecule has 1 aromatic carbocycles. The molecule has 1 aromatic rings. The van der Waals surface area contributed by atoms with Crippen molar-refractivity contribution < 1.29 is 8.42 Å². The molecule has 5 heteroatoms. The number of halogens is 1. The van der Waals surface area contributed by atoms with Crippen molar-refractivity contribution in [2.75, 3.05) is 14.1 Å². The summed E-state index contributed by atoms with van der Waals surface area (Å²) in [4.78, 5) is 0.316. The van der Waals surface area contributed by atoms with Crippen molar-refractivity contribution in [3.63, 3.8) is 0 Å². The molecule has 0 aliphatic carbocycles. The number of hydrogen-bond donors (Lipinski definition) is 0. The van der Waals surface area contributed by atoms with Gasteiger partial charge in [0.25, 0.3) is 0 Å². The molecule has 108 valence electrons. The number of hydrogen-bond acceptors (Lipinski definition) is 2. The quantitative estimate of drug-likeness (QED) is 0.757. The van der Waals surface area contributed by atoms with E-state index in [4.69, 9.17) is 11.6 Å². The lowest BCUT2D eigenvalue weighted by molar-refractivity contribution is 0.520. The first-order valence-corrected chi connectivity index (χ1v) is 8.26. The standard InChI is InChI=1S/C14H22ClNO2S/c1-11(2)9-13(15)10-12-5-7-14(8-6-12)19(17,18)16(3)4/h5-8,11,13H,9-10H2,1-4H3. The Morgan fingerprint density at radius 2 is 1.68 bits per heavy atom. The van der Waals surface area contributed by atoms with E-state index in [2.05, 4.69) is 13.8 Å². The van der Waals surface area contributed by atoms with Crippen molar-refractivity contribution in [2.24, 2.45) is 5.92 Å². The molecule has 0 bridgehead atoms. The third-order valence-electron chi connectivity index (χ3n) is 2.89. The van der Waals surface area contributed by atoms with Gasteiger partial charge in [-0.25, -0.2) is 12.7 Å². The van der Waals surface area contributed by atoms with Gasteiger partial charge < -0.3 is 0 Å². The van der Waals surface area contributed by atoms with Gasteiger partial charge in [-0.15, -0.1) is 11.6 Å². The Balaban J connectivity index is 2.78. The van der Waals surface area contributed by atoms with Crippen LogP contribution in [0.1, 0.15) is 25.8 Å². The highest BCUT2D eigenvalue weighted by molar-refractivity contribution is 7.89. The lowest BCUT2D eigenvalue weighted by Crippen LogP contribution is -2.22. The molecule has 19 heavy (non-hydrogen) atoms. The van der Waals surface area contributed by atoms with Gasteiger partial charge in [0.1, 0.15) is 0 Å². The highest BCUT2D eigenvalue weighted by Crippen LogP contribution is 2.19. The van der Waals surface area contributed by atoms with E-state index in [-0.39, 0.29) is 5.38 Å². The first-order chi connectivity index (χ1) is 8.73. The van der Waals surface area contributed by atoms with Gasteiger partial charge in [0, 0.05) is 19.5 Å². The van der Waals surface area contributed by atoms with E-state index < -0.39 is 10.0 Å². The number of alkyl halides is 1. The molecule has 0 heterocycles. The zero-order valence-electron chi connectivity index (χ0n) is 11.9. The van der Waals surface area contributed by atoms with Crippen LogP contribution >= 0.6 is 11.6 Å². The minimum Gasteiger partial charge on any atom is -0.207 e. The zero-order valence-corrected chi connectivity index (χ0v) is 13.5. The number of sulfonamides is 1. The van der Waals surface area contributed by atoms with Gasteiger partial charge in [-0.1, -0.05) is 26.0 Å². The molecule has 0 N–H and O–H groups in total. The predicted octanol–water partition coefficient (Wildman–Crippen LogP) is 3.13. The number of benzene rings is 1. The van der Waals surface area contributed by atoms with Crippen molar-refractivity contribution >= 4 is 21.6 Å². The van der Waals surface area contributed by atoms with Crippen LogP contribution < -0.4 is 0 Å². The summed E-state index contributed by atoms with van der Waals surface area (Å²) in [5.41, 5.74) is 1.07. The molecule has 1 rings (SSSR count). The summed E-state index contributed by atoms with van der Waals surface area (Å²) in [5, 5.41) is 0.0938. The van der Waals surface area contributed by atoms with E-state index in [1.54, 1.807) is 12.1 Å². The normalized spacial score (nSPS) is 14.1. The van der Waals surface area contributed by atoms with Crippen molar-refractivity contribution in [3.05, 3.63) is 29.8 Å². The molecular weight excluding hydrogens is 282 g/mol. The Morgan fingerprint density at radius 3 is 2.11 bits per heavy atom. The van der Waals surface area contributed by atoms with Crippen molar-refractivity contribution in [1.82, 2.24) is 4.31 Å². The van der Waals surface area contributed by atoms with Crippen LogP contribution in [0.3, 0.4) is 0 Å². The monoisotopic (exact) mass is 303 g/mol. The van der Waals surface area contributed by atoms with Crippen LogP contribution in [0.5, 0.6) is 0 Å². The molecule has 3 nitrogen and oxygen atoms in total. The maximum atomic E-state index is 11.9. The second-order valence-electron chi connectivity index (χ2n) is 5.36. The second kappa shape index (κ2) is 6.73. The average Bonchev–Trinajstić information content (AvgIpc) is 2.28. The topological polar surface area (TPSA) is 37.4 Å². The van der Waals surface area contributed by atoms with Crippen LogP contribution in [-0.2, 0) is 16.4 Å². The summed E-state index contributed by atoms with van der Waals surface area (Å²) in [7, 11) is -0.284. The maximum Gasteiger partial charge on any atom is 0.242 e. The highest BCUT2D eigenvalue weighted by Gasteiger charge is 2.17. The van der Waals surface area contributed by atoms with Gasteiger partial charge >= 0.3 is 0 Å². The third-order valence-corrected chi connectivity index (χ3v) is 5.05. The van der Waals surface area contributed by atoms with Crippen LogP contribution in [0.15, 0.2) is 29.2 Å². The van der Waals surface area contributed by atoms with E-state index in [0.29, 0.717) is 10.8 Å². The molecule has 1 atom stereocenters. The molecular formula is C14H22ClNO2S. The Hall–Kier alpha value is -0.580. The minimum atomic E-state index is -3.34. The summed E-state index contributed by atoms with van der Waals surface area (Å²) in [5.74, 6) is 0.566. The molecule has 0 aliphatic rings. The van der Waals surface area contributed by atoms with E-state index in [9.17, 15) is 8.42 Å². The zero-order chi connectivity index (χ0) is 14.6. The van der Waals surface area contributed by atoms with Crippen LogP contribution in [0.2, 0.25) is 0 Å². The van der Waals surface area contributed by atoms with Crippen LogP contribution in [-0.4, -0.2) is 32.2 Å². The summed E-state index contributed by atoms with van der Waals surface area (Å²) >= 11 is 6.26. The van der Waals surface area contributed by atoms with Gasteiger partial charge in [0.15, 0.2) is 0 Å². The highest BCUT2D eigenvalue weighted by atomic mass is 35.5. The number of rotatable bonds is 6. The lowest BCUT2D eigenvalue weighted by atomic mass is 10.0. The molecule has 0 radical (unpaired) electrons. The van der Waals surface area contributed by atoms with Gasteiger partial charge in [-0.3, -0.25) is 0 Å². The smallest absolute Gasteiger partial charge is 0.207 e. The maximum absolute atomic E-state index is 11.9. The molecule has 0 saturated heterocycles. The summed E-state index contributed by atoms with van der Waals surface area (Å²) < 4.78 is 25.0. The van der Waals surface area contributed by atoms with E-state index in [1.807, 2.05) is 12.1 Å². The minimum absolute atomic E-state index is 0.0938. The van der Waals surface area contributed by atoms with Crippen molar-refractivity contribution in [2.45, 2.75) is 37.0 Å². The Kier molecular flexibility index (Phi) is 5.83. The molecule has 1 unspecified atom stereocenters. The fraction of sp³-hybridized carbons (Fsp3) is 0.571. The summed E-state index contributed by atoms with van der Waals surface area (Å²) in [6.45, 7) is 4.28. The number of nitrogens with zero attached hydrogens (tertiary/aromatic N) is 1. The van der Waals surface area contributed by atoms with Crippen LogP contribution in [0, 0.1) is 5.92 Å². The van der Waals surface area contributed by atoms with Crippen LogP contribution in [0.4, 0.5) is 0 Å². The van der Waals surface area contributed by atoms with Gasteiger partial charge in [0.05, 0.1) is 4.90 Å². The van der Waals surface area contributed by atoms with E-state index in [1.165, 1.54) is 18.4 Å². The Morgan fingerprint density at radius 1 is 1.16 bits per heavy atom. The Bertz CT molecular complexity index is 495. The first kappa shape index (κ1) is 16.5. The summed E-state index contributed by atoms with van der Waals surface area (Å²) in [6, 6.07) is 6.96. The fourth-order valence-electron chi connectivity index (χ4n) is 1.86. The van der Waals surface area contributed by atoms with Gasteiger partial charge in [0.2, 0.25) is 10.0 Å². The molecule has 0 aromatic heterocycles. The van der Waals surface area contributed by atoms with E-state index in [0.717, 1.165) is 18.4 Å². The second-order valence-corrected chi connectivity index (χ2v) is 8.13. The van der Waals surface area contributed by atoms with E-state index >= 15 is 0 Å². The summed E-state index contributed by atoms with van der Waals surface area (Å²) in [6.07, 6.45) is 1.72. The fourth-order valence-corrected chi connectivity index (χ4v) is 3.30. The van der Waals surface area contributed by atoms with Gasteiger partial charge in [-0.2, -0.15) is 0 Å². The SMILES string of the molecule is CC(C)CC(Cl)Cc1ccc(S(=O)(=O)N(C)C)cc1. The van der Waals surface area contributed by atoms with Gasteiger partial charge in [-0.05, 0) is 36.5 Å². The van der Waals surface area contributed by atoms with Crippen molar-refractivity contribution in [3.8, 4) is 0 Å². The third kappa shape index (κ3) is 4.79. The lowest BCUT2D eigenvalue weighted by Gasteiger charge is -2.14. The molecule has 0 saturated carbocycles. The molecule has 0 aliphatic heterocycles. The largest absolute Gasteiger partial charge is 0.242 e. The van der Waals surface area contributed by atoms with Crippen LogP contribution in [0.25, 0.3) is 0 Å². The Labute approximate surface area is 121 Å². The van der Waals surface area contributed by atoms with Crippen molar-refractivity contribution in [1.29, 1.82) is 0 Å². The molecule has 0 amide bonds. The first-order valence-electron chi connectivity index (χ1n) is 6.39. The molecule has 0 spiro atoms.